The van der Waals surface area contributed by atoms with Crippen molar-refractivity contribution in [2.75, 3.05) is 20.2 Å². The Balaban J connectivity index is 1.91. The van der Waals surface area contributed by atoms with Gasteiger partial charge in [0.2, 0.25) is 0 Å². The number of rotatable bonds is 7. The zero-order valence-corrected chi connectivity index (χ0v) is 14.9. The summed E-state index contributed by atoms with van der Waals surface area (Å²) in [6.07, 6.45) is 2.36. The molecule has 0 spiro atoms. The van der Waals surface area contributed by atoms with Crippen LogP contribution in [0.3, 0.4) is 0 Å². The average Bonchev–Trinajstić information content (AvgIpc) is 2.91. The number of hydrogen-bond donors (Lipinski definition) is 1. The summed E-state index contributed by atoms with van der Waals surface area (Å²) in [6, 6.07) is 4.84. The maximum Gasteiger partial charge on any atom is 0.0662 e. The SMILES string of the molecule is CCOC1CC(N)(CN(C)C(C)Cc2cccs2)C1(C)C. The summed E-state index contributed by atoms with van der Waals surface area (Å²) in [4.78, 5) is 3.85. The van der Waals surface area contributed by atoms with E-state index in [1.165, 1.54) is 4.88 Å². The molecular formula is C17H30N2OS. The van der Waals surface area contributed by atoms with Gasteiger partial charge in [-0.25, -0.2) is 0 Å². The van der Waals surface area contributed by atoms with Crippen LogP contribution in [0.5, 0.6) is 0 Å². The number of likely N-dealkylation sites (N-methyl/N-ethyl adjacent to an activating group) is 1. The fourth-order valence-electron chi connectivity index (χ4n) is 3.25. The first-order valence-electron chi connectivity index (χ1n) is 7.93. The molecule has 2 rings (SSSR count). The standard InChI is InChI=1S/C17H30N2OS/c1-6-20-15-11-17(18,16(15,3)4)12-19(5)13(2)10-14-8-7-9-21-14/h7-9,13,15H,6,10-12,18H2,1-5H3. The van der Waals surface area contributed by atoms with Crippen LogP contribution in [-0.2, 0) is 11.2 Å². The van der Waals surface area contributed by atoms with Crippen LogP contribution in [0.25, 0.3) is 0 Å². The summed E-state index contributed by atoms with van der Waals surface area (Å²) in [5.41, 5.74) is 6.59. The van der Waals surface area contributed by atoms with Crippen molar-refractivity contribution in [1.82, 2.24) is 4.90 Å². The minimum Gasteiger partial charge on any atom is -0.378 e. The van der Waals surface area contributed by atoms with Gasteiger partial charge in [-0.2, -0.15) is 0 Å². The van der Waals surface area contributed by atoms with Gasteiger partial charge in [0.25, 0.3) is 0 Å². The monoisotopic (exact) mass is 310 g/mol. The molecule has 1 aromatic rings. The molecule has 0 radical (unpaired) electrons. The second kappa shape index (κ2) is 6.37. The maximum absolute atomic E-state index is 6.69. The van der Waals surface area contributed by atoms with Gasteiger partial charge in [-0.3, -0.25) is 0 Å². The Morgan fingerprint density at radius 2 is 2.24 bits per heavy atom. The highest BCUT2D eigenvalue weighted by molar-refractivity contribution is 7.09. The van der Waals surface area contributed by atoms with Crippen molar-refractivity contribution in [3.8, 4) is 0 Å². The molecular weight excluding hydrogens is 280 g/mol. The molecule has 0 bridgehead atoms. The molecule has 3 atom stereocenters. The van der Waals surface area contributed by atoms with Gasteiger partial charge in [0.1, 0.15) is 0 Å². The van der Waals surface area contributed by atoms with Crippen LogP contribution in [0, 0.1) is 5.41 Å². The lowest BCUT2D eigenvalue weighted by atomic mass is 9.54. The van der Waals surface area contributed by atoms with E-state index < -0.39 is 0 Å². The summed E-state index contributed by atoms with van der Waals surface area (Å²) >= 11 is 1.84. The second-order valence-corrected chi connectivity index (χ2v) is 8.11. The van der Waals surface area contributed by atoms with E-state index in [2.05, 4.69) is 57.2 Å². The lowest BCUT2D eigenvalue weighted by Gasteiger charge is -2.60. The van der Waals surface area contributed by atoms with Gasteiger partial charge in [-0.1, -0.05) is 19.9 Å². The van der Waals surface area contributed by atoms with Gasteiger partial charge in [0.05, 0.1) is 6.10 Å². The Morgan fingerprint density at radius 1 is 1.52 bits per heavy atom. The van der Waals surface area contributed by atoms with Gasteiger partial charge < -0.3 is 15.4 Å². The number of nitrogens with zero attached hydrogens (tertiary/aromatic N) is 1. The minimum absolute atomic E-state index is 0.0416. The van der Waals surface area contributed by atoms with E-state index in [0.717, 1.165) is 26.0 Å². The first-order chi connectivity index (χ1) is 9.80. The fourth-order valence-corrected chi connectivity index (χ4v) is 4.08. The Kier molecular flexibility index (Phi) is 5.14. The van der Waals surface area contributed by atoms with E-state index in [0.29, 0.717) is 12.1 Å². The van der Waals surface area contributed by atoms with E-state index in [1.807, 2.05) is 11.3 Å². The van der Waals surface area contributed by atoms with Gasteiger partial charge >= 0.3 is 0 Å². The minimum atomic E-state index is -0.148. The van der Waals surface area contributed by atoms with E-state index >= 15 is 0 Å². The summed E-state index contributed by atoms with van der Waals surface area (Å²) in [5.74, 6) is 0. The molecule has 1 aliphatic carbocycles. The highest BCUT2D eigenvalue weighted by atomic mass is 32.1. The van der Waals surface area contributed by atoms with Crippen LogP contribution in [-0.4, -0.2) is 42.8 Å². The van der Waals surface area contributed by atoms with E-state index in [9.17, 15) is 0 Å². The molecule has 0 amide bonds. The molecule has 1 saturated carbocycles. The van der Waals surface area contributed by atoms with Gasteiger partial charge in [-0.05, 0) is 45.2 Å². The molecule has 0 saturated heterocycles. The second-order valence-electron chi connectivity index (χ2n) is 7.07. The molecule has 1 heterocycles. The molecule has 3 unspecified atom stereocenters. The molecule has 21 heavy (non-hydrogen) atoms. The molecule has 2 N–H and O–H groups in total. The van der Waals surface area contributed by atoms with Crippen molar-refractivity contribution >= 4 is 11.3 Å². The molecule has 4 heteroatoms. The fraction of sp³-hybridized carbons (Fsp3) is 0.765. The zero-order chi connectivity index (χ0) is 15.7. The molecule has 1 fully saturated rings. The first kappa shape index (κ1) is 16.9. The summed E-state index contributed by atoms with van der Waals surface area (Å²) in [6.45, 7) is 10.5. The van der Waals surface area contributed by atoms with Crippen molar-refractivity contribution in [3.63, 3.8) is 0 Å². The lowest BCUT2D eigenvalue weighted by Crippen LogP contribution is -2.73. The highest BCUT2D eigenvalue weighted by Crippen LogP contribution is 2.50. The first-order valence-corrected chi connectivity index (χ1v) is 8.81. The molecule has 0 aliphatic heterocycles. The van der Waals surface area contributed by atoms with E-state index in [1.54, 1.807) is 0 Å². The predicted molar refractivity (Wildman–Crippen MR) is 90.8 cm³/mol. The van der Waals surface area contributed by atoms with Crippen LogP contribution < -0.4 is 5.73 Å². The van der Waals surface area contributed by atoms with Crippen LogP contribution in [0.1, 0.15) is 39.0 Å². The van der Waals surface area contributed by atoms with Crippen LogP contribution >= 0.6 is 11.3 Å². The number of ether oxygens (including phenoxy) is 1. The smallest absolute Gasteiger partial charge is 0.0662 e. The molecule has 1 aromatic heterocycles. The van der Waals surface area contributed by atoms with E-state index in [-0.39, 0.29) is 11.0 Å². The van der Waals surface area contributed by atoms with Crippen molar-refractivity contribution in [1.29, 1.82) is 0 Å². The van der Waals surface area contributed by atoms with Crippen molar-refractivity contribution in [2.45, 2.75) is 58.2 Å². The third-order valence-corrected chi connectivity index (χ3v) is 6.27. The Morgan fingerprint density at radius 3 is 2.76 bits per heavy atom. The molecule has 1 aliphatic rings. The summed E-state index contributed by atoms with van der Waals surface area (Å²) in [7, 11) is 2.19. The maximum atomic E-state index is 6.69. The Labute approximate surface area is 133 Å². The van der Waals surface area contributed by atoms with Gasteiger partial charge in [-0.15, -0.1) is 11.3 Å². The topological polar surface area (TPSA) is 38.5 Å². The molecule has 3 nitrogen and oxygen atoms in total. The van der Waals surface area contributed by atoms with Crippen LogP contribution in [0.4, 0.5) is 0 Å². The Hall–Kier alpha value is -0.420. The Bertz CT molecular complexity index is 446. The third kappa shape index (κ3) is 3.34. The zero-order valence-electron chi connectivity index (χ0n) is 14.1. The quantitative estimate of drug-likeness (QED) is 0.841. The average molecular weight is 311 g/mol. The molecule has 120 valence electrons. The highest BCUT2D eigenvalue weighted by Gasteiger charge is 2.58. The van der Waals surface area contributed by atoms with Crippen molar-refractivity contribution in [3.05, 3.63) is 22.4 Å². The van der Waals surface area contributed by atoms with Crippen LogP contribution in [0.2, 0.25) is 0 Å². The van der Waals surface area contributed by atoms with Crippen LogP contribution in [0.15, 0.2) is 17.5 Å². The van der Waals surface area contributed by atoms with E-state index in [4.69, 9.17) is 10.5 Å². The number of thiophene rings is 1. The third-order valence-electron chi connectivity index (χ3n) is 5.37. The summed E-state index contributed by atoms with van der Waals surface area (Å²) in [5, 5.41) is 2.15. The van der Waals surface area contributed by atoms with Gasteiger partial charge in [0, 0.05) is 35.0 Å². The largest absolute Gasteiger partial charge is 0.378 e. The van der Waals surface area contributed by atoms with Crippen molar-refractivity contribution < 1.29 is 4.74 Å². The number of nitrogens with two attached hydrogens (primary N) is 1. The number of hydrogen-bond acceptors (Lipinski definition) is 4. The normalized spacial score (nSPS) is 29.4. The van der Waals surface area contributed by atoms with Gasteiger partial charge in [0.15, 0.2) is 0 Å². The van der Waals surface area contributed by atoms with Crippen molar-refractivity contribution in [2.24, 2.45) is 11.1 Å². The predicted octanol–water partition coefficient (Wildman–Crippen LogP) is 3.14. The molecule has 0 aromatic carbocycles. The summed E-state index contributed by atoms with van der Waals surface area (Å²) < 4.78 is 5.82. The lowest BCUT2D eigenvalue weighted by molar-refractivity contribution is -0.156.